The summed E-state index contributed by atoms with van der Waals surface area (Å²) in [5.41, 5.74) is 1.03. The predicted octanol–water partition coefficient (Wildman–Crippen LogP) is 3.75. The Morgan fingerprint density at radius 1 is 0.970 bits per heavy atom. The van der Waals surface area contributed by atoms with E-state index in [9.17, 15) is 22.0 Å². The van der Waals surface area contributed by atoms with Gasteiger partial charge in [-0.15, -0.1) is 0 Å². The highest BCUT2D eigenvalue weighted by molar-refractivity contribution is 7.89. The molecule has 2 aromatic carbocycles. The zero-order valence-corrected chi connectivity index (χ0v) is 19.2. The Balaban J connectivity index is 1.28. The molecule has 0 atom stereocenters. The number of hydrogen-bond donors (Lipinski definition) is 0. The maximum Gasteiger partial charge on any atom is 0.243 e. The van der Waals surface area contributed by atoms with Gasteiger partial charge in [0.05, 0.1) is 11.0 Å². The Morgan fingerprint density at radius 3 is 2.39 bits per heavy atom. The minimum absolute atomic E-state index is 0.0398. The van der Waals surface area contributed by atoms with E-state index >= 15 is 0 Å². The fourth-order valence-electron chi connectivity index (χ4n) is 4.35. The average molecular weight is 479 g/mol. The average Bonchev–Trinajstić information content (AvgIpc) is 3.32. The molecule has 1 saturated carbocycles. The maximum absolute atomic E-state index is 13.5. The van der Waals surface area contributed by atoms with Crippen LogP contribution in [0.2, 0.25) is 0 Å². The molecule has 2 aliphatic rings. The first-order valence-corrected chi connectivity index (χ1v) is 12.8. The van der Waals surface area contributed by atoms with Crippen molar-refractivity contribution < 1.29 is 26.7 Å². The molecule has 0 spiro atoms. The summed E-state index contributed by atoms with van der Waals surface area (Å²) < 4.78 is 59.3. The summed E-state index contributed by atoms with van der Waals surface area (Å²) in [5.74, 6) is -1.51. The largest absolute Gasteiger partial charge is 0.490 e. The zero-order chi connectivity index (χ0) is 23.4. The van der Waals surface area contributed by atoms with Crippen LogP contribution in [-0.2, 0) is 21.2 Å². The van der Waals surface area contributed by atoms with Crippen molar-refractivity contribution in [2.45, 2.75) is 49.5 Å². The second-order valence-electron chi connectivity index (χ2n) is 8.53. The van der Waals surface area contributed by atoms with Crippen molar-refractivity contribution in [2.75, 3.05) is 26.2 Å². The number of sulfonamides is 1. The molecular formula is C24H28F2N2O4S. The molecule has 9 heteroatoms. The highest BCUT2D eigenvalue weighted by Crippen LogP contribution is 2.25. The fraction of sp³-hybridized carbons (Fsp3) is 0.458. The molecule has 0 unspecified atom stereocenters. The third-order valence-electron chi connectivity index (χ3n) is 6.25. The first kappa shape index (κ1) is 23.6. The van der Waals surface area contributed by atoms with E-state index in [1.165, 1.54) is 17.1 Å². The number of halogens is 2. The third kappa shape index (κ3) is 5.70. The predicted molar refractivity (Wildman–Crippen MR) is 119 cm³/mol. The van der Waals surface area contributed by atoms with Gasteiger partial charge in [0.25, 0.3) is 0 Å². The van der Waals surface area contributed by atoms with Crippen molar-refractivity contribution in [1.29, 1.82) is 0 Å². The number of ether oxygens (including phenoxy) is 1. The molecular weight excluding hydrogens is 450 g/mol. The minimum atomic E-state index is -3.95. The SMILES string of the molecule is O=C(CCc1cccc(OC2CCCC2)c1)N1CCN(S(=O)(=O)c2ccc(F)c(F)c2)CC1. The van der Waals surface area contributed by atoms with E-state index in [0.29, 0.717) is 18.9 Å². The quantitative estimate of drug-likeness (QED) is 0.608. The van der Waals surface area contributed by atoms with Crippen molar-refractivity contribution in [3.63, 3.8) is 0 Å². The summed E-state index contributed by atoms with van der Waals surface area (Å²) in [7, 11) is -3.95. The van der Waals surface area contributed by atoms with Gasteiger partial charge in [-0.1, -0.05) is 12.1 Å². The smallest absolute Gasteiger partial charge is 0.243 e. The topological polar surface area (TPSA) is 66.9 Å². The third-order valence-corrected chi connectivity index (χ3v) is 8.15. The molecule has 0 radical (unpaired) electrons. The summed E-state index contributed by atoms with van der Waals surface area (Å²) in [5, 5.41) is 0. The van der Waals surface area contributed by atoms with Crippen LogP contribution >= 0.6 is 0 Å². The minimum Gasteiger partial charge on any atom is -0.490 e. The summed E-state index contributed by atoms with van der Waals surface area (Å²) in [6.45, 7) is 0.731. The van der Waals surface area contributed by atoms with E-state index in [0.717, 1.165) is 36.3 Å². The van der Waals surface area contributed by atoms with E-state index in [-0.39, 0.29) is 43.1 Å². The monoisotopic (exact) mass is 478 g/mol. The lowest BCUT2D eigenvalue weighted by atomic mass is 10.1. The maximum atomic E-state index is 13.5. The number of hydrogen-bond acceptors (Lipinski definition) is 4. The summed E-state index contributed by atoms with van der Waals surface area (Å²) in [6.07, 6.45) is 5.75. The van der Waals surface area contributed by atoms with Crippen molar-refractivity contribution >= 4 is 15.9 Å². The van der Waals surface area contributed by atoms with E-state index in [4.69, 9.17) is 4.74 Å². The number of benzene rings is 2. The highest BCUT2D eigenvalue weighted by atomic mass is 32.2. The van der Waals surface area contributed by atoms with Gasteiger partial charge >= 0.3 is 0 Å². The molecule has 0 bridgehead atoms. The molecule has 4 rings (SSSR count). The lowest BCUT2D eigenvalue weighted by molar-refractivity contribution is -0.132. The van der Waals surface area contributed by atoms with E-state index in [1.54, 1.807) is 4.90 Å². The van der Waals surface area contributed by atoms with Crippen molar-refractivity contribution in [1.82, 2.24) is 9.21 Å². The van der Waals surface area contributed by atoms with Gasteiger partial charge in [0.15, 0.2) is 11.6 Å². The lowest BCUT2D eigenvalue weighted by Crippen LogP contribution is -2.50. The number of amides is 1. The van der Waals surface area contributed by atoms with Crippen LogP contribution in [0.15, 0.2) is 47.4 Å². The Kier molecular flexibility index (Phi) is 7.29. The molecule has 1 heterocycles. The van der Waals surface area contributed by atoms with Crippen LogP contribution in [-0.4, -0.2) is 55.8 Å². The van der Waals surface area contributed by atoms with Gasteiger partial charge in [-0.2, -0.15) is 4.31 Å². The second kappa shape index (κ2) is 10.2. The Bertz CT molecular complexity index is 1100. The number of piperazine rings is 1. The van der Waals surface area contributed by atoms with E-state index < -0.39 is 21.7 Å². The summed E-state index contributed by atoms with van der Waals surface area (Å²) in [6, 6.07) is 10.4. The standard InChI is InChI=1S/C24H28F2N2O4S/c25-22-10-9-21(17-23(22)26)33(30,31)28-14-12-27(13-15-28)24(29)11-8-18-4-3-7-20(16-18)32-19-5-1-2-6-19/h3-4,7,9-10,16-17,19H,1-2,5-6,8,11-15H2. The van der Waals surface area contributed by atoms with Crippen LogP contribution in [0.4, 0.5) is 8.78 Å². The summed E-state index contributed by atoms with van der Waals surface area (Å²) in [4.78, 5) is 14.0. The van der Waals surface area contributed by atoms with Crippen LogP contribution < -0.4 is 4.74 Å². The number of carbonyl (C=O) groups excluding carboxylic acids is 1. The van der Waals surface area contributed by atoms with Crippen molar-refractivity contribution in [3.05, 3.63) is 59.7 Å². The van der Waals surface area contributed by atoms with E-state index in [2.05, 4.69) is 0 Å². The molecule has 6 nitrogen and oxygen atoms in total. The normalized spacial score (nSPS) is 17.9. The molecule has 178 valence electrons. The Hall–Kier alpha value is -2.52. The number of nitrogens with zero attached hydrogens (tertiary/aromatic N) is 2. The van der Waals surface area contributed by atoms with Gasteiger partial charge in [0.2, 0.25) is 15.9 Å². The van der Waals surface area contributed by atoms with Crippen LogP contribution in [0.1, 0.15) is 37.7 Å². The molecule has 1 aliphatic carbocycles. The van der Waals surface area contributed by atoms with Gasteiger partial charge in [-0.3, -0.25) is 4.79 Å². The van der Waals surface area contributed by atoms with Gasteiger partial charge in [-0.05, 0) is 68.0 Å². The number of aryl methyl sites for hydroxylation is 1. The molecule has 0 aromatic heterocycles. The number of carbonyl (C=O) groups is 1. The second-order valence-corrected chi connectivity index (χ2v) is 10.5. The first-order chi connectivity index (χ1) is 15.8. The molecule has 2 fully saturated rings. The lowest BCUT2D eigenvalue weighted by Gasteiger charge is -2.34. The molecule has 1 amide bonds. The van der Waals surface area contributed by atoms with Crippen LogP contribution in [0.5, 0.6) is 5.75 Å². The van der Waals surface area contributed by atoms with Gasteiger partial charge in [-0.25, -0.2) is 17.2 Å². The Morgan fingerprint density at radius 2 is 1.70 bits per heavy atom. The van der Waals surface area contributed by atoms with E-state index in [1.807, 2.05) is 24.3 Å². The fourth-order valence-corrected chi connectivity index (χ4v) is 5.78. The van der Waals surface area contributed by atoms with Gasteiger partial charge < -0.3 is 9.64 Å². The van der Waals surface area contributed by atoms with Crippen LogP contribution in [0.3, 0.4) is 0 Å². The highest BCUT2D eigenvalue weighted by Gasteiger charge is 2.30. The molecule has 2 aromatic rings. The van der Waals surface area contributed by atoms with Gasteiger partial charge in [0, 0.05) is 32.6 Å². The molecule has 0 N–H and O–H groups in total. The molecule has 1 aliphatic heterocycles. The molecule has 1 saturated heterocycles. The zero-order valence-electron chi connectivity index (χ0n) is 18.4. The van der Waals surface area contributed by atoms with Gasteiger partial charge in [0.1, 0.15) is 5.75 Å². The van der Waals surface area contributed by atoms with Crippen molar-refractivity contribution in [3.8, 4) is 5.75 Å². The first-order valence-electron chi connectivity index (χ1n) is 11.3. The Labute approximate surface area is 193 Å². The summed E-state index contributed by atoms with van der Waals surface area (Å²) >= 11 is 0. The molecule has 33 heavy (non-hydrogen) atoms. The number of rotatable bonds is 7. The van der Waals surface area contributed by atoms with Crippen LogP contribution in [0, 0.1) is 11.6 Å². The van der Waals surface area contributed by atoms with Crippen LogP contribution in [0.25, 0.3) is 0 Å². The van der Waals surface area contributed by atoms with Crippen molar-refractivity contribution in [2.24, 2.45) is 0 Å².